The molecule has 0 amide bonds. The predicted octanol–water partition coefficient (Wildman–Crippen LogP) is 4.03. The van der Waals surface area contributed by atoms with Gasteiger partial charge in [0.1, 0.15) is 5.75 Å². The quantitative estimate of drug-likeness (QED) is 0.818. The van der Waals surface area contributed by atoms with E-state index >= 15 is 0 Å². The maximum atomic E-state index is 11.9. The van der Waals surface area contributed by atoms with Crippen LogP contribution in [0.25, 0.3) is 0 Å². The van der Waals surface area contributed by atoms with E-state index < -0.39 is 10.8 Å². The second-order valence-electron chi connectivity index (χ2n) is 7.01. The van der Waals surface area contributed by atoms with Crippen molar-refractivity contribution in [3.63, 3.8) is 0 Å². The van der Waals surface area contributed by atoms with E-state index in [4.69, 9.17) is 4.74 Å². The van der Waals surface area contributed by atoms with Crippen molar-refractivity contribution in [2.24, 2.45) is 0 Å². The van der Waals surface area contributed by atoms with Gasteiger partial charge in [-0.3, -0.25) is 4.21 Å². The van der Waals surface area contributed by atoms with Crippen LogP contribution in [-0.2, 0) is 21.6 Å². The van der Waals surface area contributed by atoms with Crippen molar-refractivity contribution < 1.29 is 8.95 Å². The van der Waals surface area contributed by atoms with Gasteiger partial charge < -0.3 is 4.74 Å². The van der Waals surface area contributed by atoms with E-state index in [1.807, 2.05) is 12.1 Å². The highest BCUT2D eigenvalue weighted by Crippen LogP contribution is 2.40. The predicted molar refractivity (Wildman–Crippen MR) is 82.7 cm³/mol. The van der Waals surface area contributed by atoms with E-state index in [0.29, 0.717) is 0 Å². The number of hydrogen-bond donors (Lipinski definition) is 0. The standard InChI is InChI=1S/C16H26O2S/c1-15(2,3)12-9-11(19(8)17)10-13(14(12)18-7)16(4,5)6/h9-10H,1-8H3/t19-/m0/s1. The first-order valence-corrected chi connectivity index (χ1v) is 8.10. The van der Waals surface area contributed by atoms with Crippen molar-refractivity contribution in [2.75, 3.05) is 13.4 Å². The average Bonchev–Trinajstić information content (AvgIpc) is 2.24. The van der Waals surface area contributed by atoms with Crippen LogP contribution < -0.4 is 4.74 Å². The van der Waals surface area contributed by atoms with Crippen LogP contribution in [0, 0.1) is 0 Å². The minimum absolute atomic E-state index is 0.0409. The molecule has 0 bridgehead atoms. The molecule has 0 radical (unpaired) electrons. The highest BCUT2D eigenvalue weighted by Gasteiger charge is 2.27. The van der Waals surface area contributed by atoms with Crippen LogP contribution in [0.2, 0.25) is 0 Å². The van der Waals surface area contributed by atoms with Crippen molar-refractivity contribution in [3.05, 3.63) is 23.3 Å². The second kappa shape index (κ2) is 5.28. The Labute approximate surface area is 120 Å². The van der Waals surface area contributed by atoms with Gasteiger partial charge in [0, 0.05) is 33.1 Å². The first-order chi connectivity index (χ1) is 8.48. The smallest absolute Gasteiger partial charge is 0.126 e. The second-order valence-corrected chi connectivity index (χ2v) is 8.39. The van der Waals surface area contributed by atoms with Crippen molar-refractivity contribution in [1.29, 1.82) is 0 Å². The Morgan fingerprint density at radius 3 is 1.53 bits per heavy atom. The number of benzene rings is 1. The molecule has 0 aliphatic carbocycles. The van der Waals surface area contributed by atoms with E-state index in [-0.39, 0.29) is 10.8 Å². The normalized spacial score (nSPS) is 14.3. The van der Waals surface area contributed by atoms with Gasteiger partial charge in [-0.05, 0) is 23.0 Å². The minimum Gasteiger partial charge on any atom is -0.496 e. The molecule has 108 valence electrons. The summed E-state index contributed by atoms with van der Waals surface area (Å²) in [7, 11) is 0.726. The van der Waals surface area contributed by atoms with E-state index in [1.54, 1.807) is 13.4 Å². The molecule has 0 unspecified atom stereocenters. The molecule has 1 aromatic carbocycles. The Balaban J connectivity index is 3.72. The fourth-order valence-electron chi connectivity index (χ4n) is 2.10. The van der Waals surface area contributed by atoms with Gasteiger partial charge >= 0.3 is 0 Å². The molecule has 1 atom stereocenters. The Morgan fingerprint density at radius 2 is 1.32 bits per heavy atom. The highest BCUT2D eigenvalue weighted by molar-refractivity contribution is 7.84. The maximum Gasteiger partial charge on any atom is 0.126 e. The summed E-state index contributed by atoms with van der Waals surface area (Å²) >= 11 is 0. The largest absolute Gasteiger partial charge is 0.496 e. The Kier molecular flexibility index (Phi) is 4.51. The van der Waals surface area contributed by atoms with E-state index in [2.05, 4.69) is 41.5 Å². The lowest BCUT2D eigenvalue weighted by Crippen LogP contribution is -2.19. The summed E-state index contributed by atoms with van der Waals surface area (Å²) in [5.74, 6) is 0.925. The molecule has 0 fully saturated rings. The molecule has 1 aromatic rings. The fraction of sp³-hybridized carbons (Fsp3) is 0.625. The van der Waals surface area contributed by atoms with Crippen LogP contribution in [0.5, 0.6) is 5.75 Å². The van der Waals surface area contributed by atoms with Crippen LogP contribution >= 0.6 is 0 Å². The van der Waals surface area contributed by atoms with Crippen molar-refractivity contribution in [2.45, 2.75) is 57.3 Å². The number of hydrogen-bond acceptors (Lipinski definition) is 2. The van der Waals surface area contributed by atoms with Crippen LogP contribution in [0.3, 0.4) is 0 Å². The summed E-state index contributed by atoms with van der Waals surface area (Å²) in [5.41, 5.74) is 2.15. The molecule has 0 N–H and O–H groups in total. The molecule has 3 heteroatoms. The zero-order valence-electron chi connectivity index (χ0n) is 13.4. The van der Waals surface area contributed by atoms with Gasteiger partial charge in [0.25, 0.3) is 0 Å². The third kappa shape index (κ3) is 3.59. The van der Waals surface area contributed by atoms with Crippen LogP contribution in [-0.4, -0.2) is 17.6 Å². The van der Waals surface area contributed by atoms with Gasteiger partial charge in [-0.2, -0.15) is 0 Å². The summed E-state index contributed by atoms with van der Waals surface area (Å²) in [5, 5.41) is 0. The lowest BCUT2D eigenvalue weighted by molar-refractivity contribution is 0.380. The highest BCUT2D eigenvalue weighted by atomic mass is 32.2. The Bertz CT molecular complexity index is 455. The van der Waals surface area contributed by atoms with Crippen molar-refractivity contribution >= 4 is 10.8 Å². The van der Waals surface area contributed by atoms with Gasteiger partial charge in [-0.1, -0.05) is 41.5 Å². The molecule has 1 rings (SSSR count). The zero-order valence-corrected chi connectivity index (χ0v) is 14.2. The molecule has 0 aliphatic heterocycles. The summed E-state index contributed by atoms with van der Waals surface area (Å²) < 4.78 is 17.5. The number of methoxy groups -OCH3 is 1. The van der Waals surface area contributed by atoms with Crippen LogP contribution in [0.15, 0.2) is 17.0 Å². The molecule has 0 saturated heterocycles. The number of rotatable bonds is 2. The topological polar surface area (TPSA) is 26.3 Å². The van der Waals surface area contributed by atoms with Crippen LogP contribution in [0.4, 0.5) is 0 Å². The van der Waals surface area contributed by atoms with Gasteiger partial charge in [-0.25, -0.2) is 0 Å². The van der Waals surface area contributed by atoms with Crippen LogP contribution in [0.1, 0.15) is 52.7 Å². The first kappa shape index (κ1) is 16.2. The van der Waals surface area contributed by atoms with Gasteiger partial charge in [0.05, 0.1) is 7.11 Å². The minimum atomic E-state index is -0.985. The van der Waals surface area contributed by atoms with Gasteiger partial charge in [0.15, 0.2) is 0 Å². The summed E-state index contributed by atoms with van der Waals surface area (Å²) in [6, 6.07) is 4.04. The van der Waals surface area contributed by atoms with Gasteiger partial charge in [0.2, 0.25) is 0 Å². The zero-order chi connectivity index (χ0) is 15.0. The molecular weight excluding hydrogens is 256 g/mol. The molecule has 0 aliphatic rings. The Hall–Kier alpha value is -0.830. The average molecular weight is 282 g/mol. The molecule has 0 spiro atoms. The third-order valence-corrected chi connectivity index (χ3v) is 4.11. The summed E-state index contributed by atoms with van der Waals surface area (Å²) in [6.07, 6.45) is 1.72. The maximum absolute atomic E-state index is 11.9. The molecule has 0 aromatic heterocycles. The third-order valence-electron chi connectivity index (χ3n) is 3.21. The molecule has 0 saturated carbocycles. The van der Waals surface area contributed by atoms with E-state index in [0.717, 1.165) is 21.8 Å². The van der Waals surface area contributed by atoms with Gasteiger partial charge in [-0.15, -0.1) is 0 Å². The molecule has 19 heavy (non-hydrogen) atoms. The first-order valence-electron chi connectivity index (χ1n) is 6.55. The molecule has 0 heterocycles. The Morgan fingerprint density at radius 1 is 0.947 bits per heavy atom. The van der Waals surface area contributed by atoms with Crippen molar-refractivity contribution in [3.8, 4) is 5.75 Å². The molecule has 2 nitrogen and oxygen atoms in total. The lowest BCUT2D eigenvalue weighted by atomic mass is 9.79. The molecular formula is C16H26O2S. The fourth-order valence-corrected chi connectivity index (χ4v) is 2.67. The monoisotopic (exact) mass is 282 g/mol. The summed E-state index contributed by atoms with van der Waals surface area (Å²) in [4.78, 5) is 0.871. The number of ether oxygens (including phenoxy) is 1. The lowest BCUT2D eigenvalue weighted by Gasteiger charge is -2.29. The van der Waals surface area contributed by atoms with E-state index in [9.17, 15) is 4.21 Å². The summed E-state index contributed by atoms with van der Waals surface area (Å²) in [6.45, 7) is 12.9. The van der Waals surface area contributed by atoms with Crippen molar-refractivity contribution in [1.82, 2.24) is 0 Å². The van der Waals surface area contributed by atoms with E-state index in [1.165, 1.54) is 0 Å². The SMILES string of the molecule is COc1c(C(C)(C)C)cc([S@](C)=O)cc1C(C)(C)C.